The lowest BCUT2D eigenvalue weighted by molar-refractivity contribution is -0.387. The van der Waals surface area contributed by atoms with Gasteiger partial charge in [-0.15, -0.1) is 6.58 Å². The lowest BCUT2D eigenvalue weighted by Crippen LogP contribution is -2.31. The highest BCUT2D eigenvalue weighted by atomic mass is 32.2. The Hall–Kier alpha value is -1.80. The monoisotopic (exact) mass is 302 g/mol. The number of hydrogen-bond acceptors (Lipinski definition) is 4. The van der Waals surface area contributed by atoms with Crippen molar-refractivity contribution in [3.8, 4) is 0 Å². The van der Waals surface area contributed by atoms with Gasteiger partial charge in [0.15, 0.2) is 0 Å². The molecule has 0 spiro atoms. The third kappa shape index (κ3) is 3.02. The standard InChI is InChI=1S/C12H15FN2O4S/c1-4-6-14(5-2)20(18,19)10-7-9(3)12(13)11(8-10)15(16)17/h4,7-8H,1,5-6H2,2-3H3. The molecule has 0 aromatic heterocycles. The van der Waals surface area contributed by atoms with Gasteiger partial charge in [0.05, 0.1) is 9.82 Å². The van der Waals surface area contributed by atoms with Crippen LogP contribution in [-0.2, 0) is 10.0 Å². The van der Waals surface area contributed by atoms with Crippen LogP contribution in [0.2, 0.25) is 0 Å². The van der Waals surface area contributed by atoms with Crippen LogP contribution in [0.3, 0.4) is 0 Å². The number of nitro groups is 1. The van der Waals surface area contributed by atoms with Crippen molar-refractivity contribution in [3.63, 3.8) is 0 Å². The Morgan fingerprint density at radius 3 is 2.55 bits per heavy atom. The second-order valence-corrected chi connectivity index (χ2v) is 6.01. The molecule has 0 heterocycles. The van der Waals surface area contributed by atoms with Crippen molar-refractivity contribution in [3.05, 3.63) is 46.3 Å². The number of likely N-dealkylation sites (N-methyl/N-ethyl adjacent to an activating group) is 1. The Morgan fingerprint density at radius 1 is 1.50 bits per heavy atom. The van der Waals surface area contributed by atoms with E-state index in [1.165, 1.54) is 13.0 Å². The molecule has 0 aliphatic heterocycles. The number of nitrogens with zero attached hydrogens (tertiary/aromatic N) is 2. The van der Waals surface area contributed by atoms with E-state index >= 15 is 0 Å². The summed E-state index contributed by atoms with van der Waals surface area (Å²) >= 11 is 0. The Kier molecular flexibility index (Phi) is 4.96. The van der Waals surface area contributed by atoms with E-state index in [-0.39, 0.29) is 23.5 Å². The second-order valence-electron chi connectivity index (χ2n) is 4.07. The summed E-state index contributed by atoms with van der Waals surface area (Å²) in [6, 6.07) is 1.83. The molecule has 0 atom stereocenters. The SMILES string of the molecule is C=CCN(CC)S(=O)(=O)c1cc(C)c(F)c([N+](=O)[O-])c1. The Labute approximate surface area is 116 Å². The fraction of sp³-hybridized carbons (Fsp3) is 0.333. The molecular weight excluding hydrogens is 287 g/mol. The molecule has 0 N–H and O–H groups in total. The van der Waals surface area contributed by atoms with Crippen molar-refractivity contribution in [1.82, 2.24) is 4.31 Å². The number of benzene rings is 1. The molecule has 0 aliphatic carbocycles. The fourth-order valence-corrected chi connectivity index (χ4v) is 3.22. The zero-order valence-corrected chi connectivity index (χ0v) is 12.0. The molecule has 1 rings (SSSR count). The predicted molar refractivity (Wildman–Crippen MR) is 72.4 cm³/mol. The first kappa shape index (κ1) is 16.3. The fourth-order valence-electron chi connectivity index (χ4n) is 1.69. The van der Waals surface area contributed by atoms with E-state index in [0.717, 1.165) is 16.4 Å². The molecule has 0 aliphatic rings. The topological polar surface area (TPSA) is 80.5 Å². The van der Waals surface area contributed by atoms with E-state index in [1.807, 2.05) is 0 Å². The lowest BCUT2D eigenvalue weighted by Gasteiger charge is -2.19. The molecular formula is C12H15FN2O4S. The molecule has 0 amide bonds. The highest BCUT2D eigenvalue weighted by molar-refractivity contribution is 7.89. The molecule has 1 aromatic carbocycles. The number of sulfonamides is 1. The van der Waals surface area contributed by atoms with Gasteiger partial charge in [0, 0.05) is 19.2 Å². The number of nitro benzene ring substituents is 1. The minimum absolute atomic E-state index is 0.0725. The van der Waals surface area contributed by atoms with Crippen LogP contribution in [0.5, 0.6) is 0 Å². The van der Waals surface area contributed by atoms with Gasteiger partial charge >= 0.3 is 5.69 Å². The molecule has 0 unspecified atom stereocenters. The summed E-state index contributed by atoms with van der Waals surface area (Å²) in [5.41, 5.74) is -0.939. The normalized spacial score (nSPS) is 11.6. The number of halogens is 1. The summed E-state index contributed by atoms with van der Waals surface area (Å²) in [5.74, 6) is -1.03. The molecule has 0 saturated carbocycles. The van der Waals surface area contributed by atoms with E-state index in [9.17, 15) is 22.9 Å². The van der Waals surface area contributed by atoms with Crippen LogP contribution in [-0.4, -0.2) is 30.7 Å². The summed E-state index contributed by atoms with van der Waals surface area (Å²) in [4.78, 5) is 9.52. The molecule has 8 heteroatoms. The van der Waals surface area contributed by atoms with Crippen LogP contribution in [0.4, 0.5) is 10.1 Å². The van der Waals surface area contributed by atoms with Crippen LogP contribution in [0.15, 0.2) is 29.7 Å². The molecule has 110 valence electrons. The summed E-state index contributed by atoms with van der Waals surface area (Å²) in [6.45, 7) is 6.62. The molecule has 0 radical (unpaired) electrons. The second kappa shape index (κ2) is 6.10. The summed E-state index contributed by atoms with van der Waals surface area (Å²) < 4.78 is 39.3. The molecule has 0 fully saturated rings. The van der Waals surface area contributed by atoms with Crippen LogP contribution in [0.1, 0.15) is 12.5 Å². The summed E-state index contributed by atoms with van der Waals surface area (Å²) in [6.07, 6.45) is 1.41. The largest absolute Gasteiger partial charge is 0.306 e. The lowest BCUT2D eigenvalue weighted by atomic mass is 10.2. The average molecular weight is 302 g/mol. The molecule has 0 saturated heterocycles. The Bertz CT molecular complexity index is 643. The first-order valence-electron chi connectivity index (χ1n) is 5.81. The Balaban J connectivity index is 3.46. The van der Waals surface area contributed by atoms with E-state index in [1.54, 1.807) is 6.92 Å². The highest BCUT2D eigenvalue weighted by Gasteiger charge is 2.27. The van der Waals surface area contributed by atoms with Crippen molar-refractivity contribution < 1.29 is 17.7 Å². The van der Waals surface area contributed by atoms with Crippen LogP contribution in [0.25, 0.3) is 0 Å². The first-order valence-corrected chi connectivity index (χ1v) is 7.25. The van der Waals surface area contributed by atoms with E-state index < -0.39 is 26.5 Å². The van der Waals surface area contributed by atoms with E-state index in [0.29, 0.717) is 0 Å². The molecule has 0 bridgehead atoms. The minimum atomic E-state index is -3.92. The smallest absolute Gasteiger partial charge is 0.258 e. The van der Waals surface area contributed by atoms with E-state index in [2.05, 4.69) is 6.58 Å². The van der Waals surface area contributed by atoms with Crippen molar-refractivity contribution in [1.29, 1.82) is 0 Å². The van der Waals surface area contributed by atoms with Gasteiger partial charge in [-0.2, -0.15) is 8.70 Å². The van der Waals surface area contributed by atoms with Crippen LogP contribution in [0, 0.1) is 22.9 Å². The van der Waals surface area contributed by atoms with Gasteiger partial charge in [-0.25, -0.2) is 8.42 Å². The van der Waals surface area contributed by atoms with Crippen LogP contribution < -0.4 is 0 Å². The first-order chi connectivity index (χ1) is 9.25. The summed E-state index contributed by atoms with van der Waals surface area (Å²) in [7, 11) is -3.92. The van der Waals surface area contributed by atoms with Gasteiger partial charge in [-0.3, -0.25) is 10.1 Å². The van der Waals surface area contributed by atoms with Crippen molar-refractivity contribution >= 4 is 15.7 Å². The van der Waals surface area contributed by atoms with Gasteiger partial charge in [-0.05, 0) is 18.6 Å². The number of rotatable bonds is 6. The molecule has 6 nitrogen and oxygen atoms in total. The van der Waals surface area contributed by atoms with E-state index in [4.69, 9.17) is 0 Å². The van der Waals surface area contributed by atoms with Gasteiger partial charge in [0.2, 0.25) is 15.8 Å². The third-order valence-corrected chi connectivity index (χ3v) is 4.65. The van der Waals surface area contributed by atoms with Gasteiger partial charge in [0.1, 0.15) is 0 Å². The van der Waals surface area contributed by atoms with Gasteiger partial charge < -0.3 is 0 Å². The zero-order valence-electron chi connectivity index (χ0n) is 11.2. The van der Waals surface area contributed by atoms with Crippen molar-refractivity contribution in [2.45, 2.75) is 18.7 Å². The van der Waals surface area contributed by atoms with Crippen LogP contribution >= 0.6 is 0 Å². The van der Waals surface area contributed by atoms with Crippen molar-refractivity contribution in [2.75, 3.05) is 13.1 Å². The predicted octanol–water partition coefficient (Wildman–Crippen LogP) is 2.24. The van der Waals surface area contributed by atoms with Gasteiger partial charge in [-0.1, -0.05) is 13.0 Å². The number of aryl methyl sites for hydroxylation is 1. The maximum absolute atomic E-state index is 13.6. The number of hydrogen-bond donors (Lipinski definition) is 0. The maximum Gasteiger partial charge on any atom is 0.306 e. The molecule has 1 aromatic rings. The zero-order chi connectivity index (χ0) is 15.5. The Morgan fingerprint density at radius 2 is 2.10 bits per heavy atom. The highest BCUT2D eigenvalue weighted by Crippen LogP contribution is 2.26. The molecule has 20 heavy (non-hydrogen) atoms. The summed E-state index contributed by atoms with van der Waals surface area (Å²) in [5, 5.41) is 10.8. The maximum atomic E-state index is 13.6. The van der Waals surface area contributed by atoms with Gasteiger partial charge in [0.25, 0.3) is 0 Å². The minimum Gasteiger partial charge on any atom is -0.258 e. The average Bonchev–Trinajstić information content (AvgIpc) is 2.38. The third-order valence-electron chi connectivity index (χ3n) is 2.73. The van der Waals surface area contributed by atoms with Crippen molar-refractivity contribution in [2.24, 2.45) is 0 Å². The quantitative estimate of drug-likeness (QED) is 0.458.